The molecule has 7 heteroatoms. The number of hydrogen-bond acceptors (Lipinski definition) is 4. The zero-order chi connectivity index (χ0) is 21.1. The van der Waals surface area contributed by atoms with E-state index >= 15 is 0 Å². The highest BCUT2D eigenvalue weighted by Crippen LogP contribution is 2.28. The van der Waals surface area contributed by atoms with Crippen molar-refractivity contribution < 1.29 is 14.4 Å². The summed E-state index contributed by atoms with van der Waals surface area (Å²) in [5.74, 6) is -0.894. The average Bonchev–Trinajstić information content (AvgIpc) is 3.35. The molecule has 1 unspecified atom stereocenters. The number of rotatable bonds is 6. The minimum Gasteiger partial charge on any atom is -0.325 e. The van der Waals surface area contributed by atoms with Crippen molar-refractivity contribution in [3.05, 3.63) is 87.6 Å². The van der Waals surface area contributed by atoms with Gasteiger partial charge in [0.15, 0.2) is 0 Å². The van der Waals surface area contributed by atoms with E-state index in [-0.39, 0.29) is 30.6 Å². The highest BCUT2D eigenvalue weighted by molar-refractivity contribution is 7.09. The van der Waals surface area contributed by atoms with Gasteiger partial charge < -0.3 is 4.90 Å². The Hall–Kier alpha value is -2.96. The number of benzene rings is 2. The fourth-order valence-electron chi connectivity index (χ4n) is 3.54. The van der Waals surface area contributed by atoms with Crippen LogP contribution in [0, 0.1) is 0 Å². The number of amides is 3. The molecule has 1 atom stereocenters. The van der Waals surface area contributed by atoms with Gasteiger partial charge in [0.25, 0.3) is 5.91 Å². The molecule has 4 rings (SSSR count). The fraction of sp³-hybridized carbons (Fsp3) is 0.174. The van der Waals surface area contributed by atoms with Crippen LogP contribution in [-0.4, -0.2) is 28.7 Å². The summed E-state index contributed by atoms with van der Waals surface area (Å²) < 4.78 is 0. The second-order valence-electron chi connectivity index (χ2n) is 7.03. The van der Waals surface area contributed by atoms with Gasteiger partial charge in [-0.25, -0.2) is 4.90 Å². The summed E-state index contributed by atoms with van der Waals surface area (Å²) in [6, 6.07) is 18.9. The van der Waals surface area contributed by atoms with Gasteiger partial charge in [0.2, 0.25) is 11.8 Å². The largest absolute Gasteiger partial charge is 0.325 e. The number of imide groups is 1. The number of carbonyl (C=O) groups is 3. The molecule has 1 aliphatic rings. The van der Waals surface area contributed by atoms with Crippen LogP contribution in [-0.2, 0) is 27.3 Å². The average molecular weight is 439 g/mol. The third-order valence-electron chi connectivity index (χ3n) is 5.01. The Labute approximate surface area is 183 Å². The van der Waals surface area contributed by atoms with Crippen LogP contribution in [0.15, 0.2) is 72.1 Å². The summed E-state index contributed by atoms with van der Waals surface area (Å²) >= 11 is 7.44. The summed E-state index contributed by atoms with van der Waals surface area (Å²) in [4.78, 5) is 42.8. The Morgan fingerprint density at radius 1 is 1.03 bits per heavy atom. The minimum absolute atomic E-state index is 0.0344. The topological polar surface area (TPSA) is 57.7 Å². The summed E-state index contributed by atoms with van der Waals surface area (Å²) in [5, 5.41) is 2.45. The monoisotopic (exact) mass is 438 g/mol. The van der Waals surface area contributed by atoms with Crippen molar-refractivity contribution in [1.29, 1.82) is 0 Å². The van der Waals surface area contributed by atoms with E-state index in [1.165, 1.54) is 16.2 Å². The van der Waals surface area contributed by atoms with E-state index in [1.807, 2.05) is 47.8 Å². The molecule has 3 amide bonds. The second-order valence-corrected chi connectivity index (χ2v) is 8.50. The van der Waals surface area contributed by atoms with E-state index in [0.29, 0.717) is 17.3 Å². The first-order valence-corrected chi connectivity index (χ1v) is 10.8. The maximum absolute atomic E-state index is 13.2. The van der Waals surface area contributed by atoms with Gasteiger partial charge in [-0.3, -0.25) is 14.4 Å². The van der Waals surface area contributed by atoms with Gasteiger partial charge in [0, 0.05) is 9.90 Å². The van der Waals surface area contributed by atoms with E-state index < -0.39 is 6.04 Å². The van der Waals surface area contributed by atoms with Gasteiger partial charge >= 0.3 is 0 Å². The maximum atomic E-state index is 13.2. The normalized spacial score (nSPS) is 16.2. The number of anilines is 1. The van der Waals surface area contributed by atoms with Crippen molar-refractivity contribution in [3.8, 4) is 0 Å². The van der Waals surface area contributed by atoms with Gasteiger partial charge in [-0.15, -0.1) is 11.3 Å². The lowest BCUT2D eigenvalue weighted by atomic mass is 10.1. The summed E-state index contributed by atoms with van der Waals surface area (Å²) in [7, 11) is 0. The Morgan fingerprint density at radius 3 is 2.43 bits per heavy atom. The number of carbonyl (C=O) groups excluding carboxylic acids is 3. The Kier molecular flexibility index (Phi) is 5.97. The molecule has 1 fully saturated rings. The van der Waals surface area contributed by atoms with E-state index in [0.717, 1.165) is 15.3 Å². The lowest BCUT2D eigenvalue weighted by Gasteiger charge is -2.27. The van der Waals surface area contributed by atoms with Crippen LogP contribution < -0.4 is 4.90 Å². The highest BCUT2D eigenvalue weighted by atomic mass is 35.5. The third kappa shape index (κ3) is 4.30. The van der Waals surface area contributed by atoms with Gasteiger partial charge in [-0.05, 0) is 41.3 Å². The number of halogens is 1. The lowest BCUT2D eigenvalue weighted by molar-refractivity contribution is -0.138. The van der Waals surface area contributed by atoms with Gasteiger partial charge in [-0.2, -0.15) is 0 Å². The molecule has 0 spiro atoms. The fourth-order valence-corrected chi connectivity index (χ4v) is 4.36. The molecule has 2 heterocycles. The summed E-state index contributed by atoms with van der Waals surface area (Å²) in [6.07, 6.45) is 0.137. The van der Waals surface area contributed by atoms with E-state index in [9.17, 15) is 14.4 Å². The first-order valence-electron chi connectivity index (χ1n) is 9.51. The van der Waals surface area contributed by atoms with Crippen LogP contribution >= 0.6 is 22.9 Å². The van der Waals surface area contributed by atoms with Crippen LogP contribution in [0.25, 0.3) is 0 Å². The first kappa shape index (κ1) is 20.3. The highest BCUT2D eigenvalue weighted by Gasteiger charge is 2.44. The Balaban J connectivity index is 1.61. The third-order valence-corrected chi connectivity index (χ3v) is 6.12. The molecular weight excluding hydrogens is 420 g/mol. The molecule has 152 valence electrons. The SMILES string of the molecule is O=C1CC(N(Cc2cccs2)C(=O)Cc2ccccc2)C(=O)N1c1ccc(Cl)cc1. The zero-order valence-electron chi connectivity index (χ0n) is 16.0. The molecule has 5 nitrogen and oxygen atoms in total. The van der Waals surface area contributed by atoms with Crippen LogP contribution in [0.2, 0.25) is 5.02 Å². The predicted octanol–water partition coefficient (Wildman–Crippen LogP) is 4.30. The zero-order valence-corrected chi connectivity index (χ0v) is 17.6. The second kappa shape index (κ2) is 8.81. The van der Waals surface area contributed by atoms with Crippen molar-refractivity contribution in [1.82, 2.24) is 4.90 Å². The molecular formula is C23H19ClN2O3S. The Bertz CT molecular complexity index is 1050. The van der Waals surface area contributed by atoms with Crippen molar-refractivity contribution in [2.24, 2.45) is 0 Å². The van der Waals surface area contributed by atoms with Gasteiger partial charge in [0.1, 0.15) is 6.04 Å². The van der Waals surface area contributed by atoms with Gasteiger partial charge in [-0.1, -0.05) is 48.0 Å². The van der Waals surface area contributed by atoms with Crippen LogP contribution in [0.5, 0.6) is 0 Å². The van der Waals surface area contributed by atoms with Crippen molar-refractivity contribution in [2.45, 2.75) is 25.4 Å². The molecule has 3 aromatic rings. The molecule has 0 bridgehead atoms. The Morgan fingerprint density at radius 2 is 1.77 bits per heavy atom. The molecule has 1 saturated heterocycles. The number of nitrogens with zero attached hydrogens (tertiary/aromatic N) is 2. The van der Waals surface area contributed by atoms with E-state index in [1.54, 1.807) is 24.3 Å². The number of thiophene rings is 1. The van der Waals surface area contributed by atoms with Crippen molar-refractivity contribution in [2.75, 3.05) is 4.90 Å². The molecule has 1 aliphatic heterocycles. The molecule has 0 radical (unpaired) electrons. The van der Waals surface area contributed by atoms with Crippen LogP contribution in [0.3, 0.4) is 0 Å². The molecule has 2 aromatic carbocycles. The smallest absolute Gasteiger partial charge is 0.257 e. The first-order chi connectivity index (χ1) is 14.5. The molecule has 0 N–H and O–H groups in total. The molecule has 0 saturated carbocycles. The molecule has 30 heavy (non-hydrogen) atoms. The lowest BCUT2D eigenvalue weighted by Crippen LogP contribution is -2.45. The molecule has 1 aromatic heterocycles. The van der Waals surface area contributed by atoms with Crippen LogP contribution in [0.1, 0.15) is 16.9 Å². The molecule has 0 aliphatic carbocycles. The van der Waals surface area contributed by atoms with Gasteiger partial charge in [0.05, 0.1) is 25.1 Å². The van der Waals surface area contributed by atoms with E-state index in [2.05, 4.69) is 0 Å². The summed E-state index contributed by atoms with van der Waals surface area (Å²) in [6.45, 7) is 0.293. The summed E-state index contributed by atoms with van der Waals surface area (Å²) in [5.41, 5.74) is 1.33. The van der Waals surface area contributed by atoms with Crippen molar-refractivity contribution >= 4 is 46.3 Å². The van der Waals surface area contributed by atoms with Crippen LogP contribution in [0.4, 0.5) is 5.69 Å². The standard InChI is InChI=1S/C23H19ClN2O3S/c24-17-8-10-18(11-9-17)26-22(28)14-20(23(26)29)25(15-19-7-4-12-30-19)21(27)13-16-5-2-1-3-6-16/h1-12,20H,13-15H2. The predicted molar refractivity (Wildman–Crippen MR) is 117 cm³/mol. The maximum Gasteiger partial charge on any atom is 0.257 e. The quantitative estimate of drug-likeness (QED) is 0.539. The van der Waals surface area contributed by atoms with E-state index in [4.69, 9.17) is 11.6 Å². The van der Waals surface area contributed by atoms with Crippen molar-refractivity contribution in [3.63, 3.8) is 0 Å². The minimum atomic E-state index is -0.827. The number of hydrogen-bond donors (Lipinski definition) is 0.